The van der Waals surface area contributed by atoms with Gasteiger partial charge in [0.25, 0.3) is 15.9 Å². The first-order valence-corrected chi connectivity index (χ1v) is 8.92. The van der Waals surface area contributed by atoms with E-state index in [1.807, 2.05) is 10.8 Å². The van der Waals surface area contributed by atoms with Gasteiger partial charge < -0.3 is 10.1 Å². The van der Waals surface area contributed by atoms with E-state index in [1.54, 1.807) is 31.2 Å². The normalized spacial score (nSPS) is 12.1. The average molecular weight is 362 g/mol. The Morgan fingerprint density at radius 1 is 1.00 bits per heavy atom. The fourth-order valence-electron chi connectivity index (χ4n) is 1.97. The van der Waals surface area contributed by atoms with Gasteiger partial charge >= 0.3 is 0 Å². The monoisotopic (exact) mass is 362 g/mol. The molecule has 2 aromatic carbocycles. The lowest BCUT2D eigenvalue weighted by molar-refractivity contribution is -0.122. The van der Waals surface area contributed by atoms with Gasteiger partial charge in [0.05, 0.1) is 4.90 Å². The van der Waals surface area contributed by atoms with E-state index < -0.39 is 22.0 Å². The molecule has 0 bridgehead atoms. The molecule has 7 nitrogen and oxygen atoms in total. The molecule has 0 aliphatic carbocycles. The van der Waals surface area contributed by atoms with Crippen LogP contribution in [-0.4, -0.2) is 26.3 Å². The first-order valence-electron chi connectivity index (χ1n) is 7.44. The zero-order valence-electron chi connectivity index (χ0n) is 13.7. The van der Waals surface area contributed by atoms with Crippen LogP contribution in [0.15, 0.2) is 59.5 Å². The summed E-state index contributed by atoms with van der Waals surface area (Å²) in [5.74, 6) is -0.479. The molecule has 0 heterocycles. The first-order chi connectivity index (χ1) is 11.8. The molecule has 132 valence electrons. The molecule has 0 unspecified atom stereocenters. The highest BCUT2D eigenvalue weighted by Gasteiger charge is 2.17. The Morgan fingerprint density at radius 3 is 2.16 bits per heavy atom. The molecule has 0 aliphatic heterocycles. The maximum Gasteiger partial charge on any atom is 0.265 e. The molecule has 2 amide bonds. The number of hydrogen-bond donors (Lipinski definition) is 2. The van der Waals surface area contributed by atoms with Gasteiger partial charge in [-0.05, 0) is 43.3 Å². The van der Waals surface area contributed by atoms with E-state index in [9.17, 15) is 18.0 Å². The number of anilines is 1. The molecule has 0 aromatic heterocycles. The Morgan fingerprint density at radius 2 is 1.60 bits per heavy atom. The molecule has 0 radical (unpaired) electrons. The third-order valence-electron chi connectivity index (χ3n) is 3.14. The summed E-state index contributed by atoms with van der Waals surface area (Å²) in [5.41, 5.74) is 0.412. The summed E-state index contributed by atoms with van der Waals surface area (Å²) in [5, 5.41) is 2.64. The number of benzene rings is 2. The molecular formula is C17H18N2O5S. The van der Waals surface area contributed by atoms with Gasteiger partial charge in [0.2, 0.25) is 5.91 Å². The largest absolute Gasteiger partial charge is 0.481 e. The maximum atomic E-state index is 12.1. The van der Waals surface area contributed by atoms with Gasteiger partial charge in [0, 0.05) is 12.6 Å². The number of sulfonamides is 1. The van der Waals surface area contributed by atoms with Gasteiger partial charge in [-0.2, -0.15) is 0 Å². The van der Waals surface area contributed by atoms with Crippen molar-refractivity contribution in [2.75, 3.05) is 5.32 Å². The lowest BCUT2D eigenvalue weighted by Gasteiger charge is -2.15. The van der Waals surface area contributed by atoms with E-state index in [0.717, 1.165) is 6.92 Å². The number of hydrogen-bond acceptors (Lipinski definition) is 5. The quantitative estimate of drug-likeness (QED) is 0.817. The molecule has 0 aliphatic rings. The van der Waals surface area contributed by atoms with Gasteiger partial charge in [0.15, 0.2) is 6.10 Å². The van der Waals surface area contributed by atoms with Crippen LogP contribution >= 0.6 is 0 Å². The molecule has 2 N–H and O–H groups in total. The smallest absolute Gasteiger partial charge is 0.265 e. The van der Waals surface area contributed by atoms with Crippen molar-refractivity contribution in [1.82, 2.24) is 4.72 Å². The third-order valence-corrected chi connectivity index (χ3v) is 4.58. The minimum atomic E-state index is -3.90. The van der Waals surface area contributed by atoms with Gasteiger partial charge in [-0.15, -0.1) is 0 Å². The van der Waals surface area contributed by atoms with Crippen LogP contribution < -0.4 is 14.8 Å². The summed E-state index contributed by atoms with van der Waals surface area (Å²) in [7, 11) is -3.90. The number of carbonyl (C=O) groups excluding carboxylic acids is 2. The second-order valence-electron chi connectivity index (χ2n) is 5.25. The van der Waals surface area contributed by atoms with E-state index >= 15 is 0 Å². The van der Waals surface area contributed by atoms with Crippen LogP contribution in [0.5, 0.6) is 5.75 Å². The predicted molar refractivity (Wildman–Crippen MR) is 92.6 cm³/mol. The van der Waals surface area contributed by atoms with E-state index in [4.69, 9.17) is 4.74 Å². The highest BCUT2D eigenvalue weighted by molar-refractivity contribution is 7.90. The Bertz CT molecular complexity index is 848. The van der Waals surface area contributed by atoms with Crippen LogP contribution in [0.1, 0.15) is 13.8 Å². The molecule has 0 fully saturated rings. The number of ether oxygens (including phenoxy) is 1. The van der Waals surface area contributed by atoms with Crippen molar-refractivity contribution in [3.05, 3.63) is 54.6 Å². The molecule has 0 spiro atoms. The van der Waals surface area contributed by atoms with Crippen LogP contribution in [0, 0.1) is 0 Å². The van der Waals surface area contributed by atoms with Gasteiger partial charge in [-0.3, -0.25) is 9.59 Å². The molecule has 1 atom stereocenters. The minimum absolute atomic E-state index is 0.0747. The summed E-state index contributed by atoms with van der Waals surface area (Å²) >= 11 is 0. The fraction of sp³-hybridized carbons (Fsp3) is 0.176. The van der Waals surface area contributed by atoms with Crippen LogP contribution in [0.2, 0.25) is 0 Å². The standard InChI is InChI=1S/C17H18N2O5S/c1-12(24-15-6-4-3-5-7-15)17(21)18-14-8-10-16(11-9-14)25(22,23)19-13(2)20/h3-12H,1-2H3,(H,18,21)(H,19,20)/t12-/m0/s1. The summed E-state index contributed by atoms with van der Waals surface area (Å²) in [4.78, 5) is 23.0. The van der Waals surface area contributed by atoms with Crippen molar-refractivity contribution in [1.29, 1.82) is 0 Å². The van der Waals surface area contributed by atoms with E-state index in [0.29, 0.717) is 11.4 Å². The molecule has 25 heavy (non-hydrogen) atoms. The predicted octanol–water partition coefficient (Wildman–Crippen LogP) is 1.92. The SMILES string of the molecule is CC(=O)NS(=O)(=O)c1ccc(NC(=O)[C@H](C)Oc2ccccc2)cc1. The third kappa shape index (κ3) is 5.32. The highest BCUT2D eigenvalue weighted by Crippen LogP contribution is 2.15. The van der Waals surface area contributed by atoms with Gasteiger partial charge in [-0.1, -0.05) is 18.2 Å². The Labute approximate surface area is 146 Å². The summed E-state index contributed by atoms with van der Waals surface area (Å²) in [6.07, 6.45) is -0.731. The number of para-hydroxylation sites is 1. The number of carbonyl (C=O) groups is 2. The van der Waals surface area contributed by atoms with Crippen molar-refractivity contribution in [3.63, 3.8) is 0 Å². The second-order valence-corrected chi connectivity index (χ2v) is 6.93. The first kappa shape index (κ1) is 18.5. The lowest BCUT2D eigenvalue weighted by Crippen LogP contribution is -2.30. The van der Waals surface area contributed by atoms with Crippen LogP contribution in [0.25, 0.3) is 0 Å². The molecule has 8 heteroatoms. The Balaban J connectivity index is 2.01. The molecule has 2 aromatic rings. The summed E-state index contributed by atoms with van der Waals surface area (Å²) < 4.78 is 31.1. The lowest BCUT2D eigenvalue weighted by atomic mass is 10.3. The van der Waals surface area contributed by atoms with Crippen molar-refractivity contribution >= 4 is 27.5 Å². The summed E-state index contributed by atoms with van der Waals surface area (Å²) in [6, 6.07) is 14.4. The fourth-order valence-corrected chi connectivity index (χ4v) is 2.96. The number of rotatable bonds is 6. The Kier molecular flexibility index (Phi) is 5.76. The topological polar surface area (TPSA) is 102 Å². The van der Waals surface area contributed by atoms with Gasteiger partial charge in [0.1, 0.15) is 5.75 Å². The number of nitrogens with one attached hydrogen (secondary N) is 2. The van der Waals surface area contributed by atoms with Crippen LogP contribution in [-0.2, 0) is 19.6 Å². The highest BCUT2D eigenvalue weighted by atomic mass is 32.2. The van der Waals surface area contributed by atoms with Crippen molar-refractivity contribution in [2.24, 2.45) is 0 Å². The zero-order valence-corrected chi connectivity index (χ0v) is 14.5. The number of amides is 2. The van der Waals surface area contributed by atoms with Gasteiger partial charge in [-0.25, -0.2) is 13.1 Å². The van der Waals surface area contributed by atoms with Crippen LogP contribution in [0.3, 0.4) is 0 Å². The maximum absolute atomic E-state index is 12.1. The van der Waals surface area contributed by atoms with Crippen molar-refractivity contribution < 1.29 is 22.7 Å². The van der Waals surface area contributed by atoms with E-state index in [1.165, 1.54) is 24.3 Å². The summed E-state index contributed by atoms with van der Waals surface area (Å²) in [6.45, 7) is 2.72. The zero-order chi connectivity index (χ0) is 18.4. The molecule has 0 saturated carbocycles. The van der Waals surface area contributed by atoms with Crippen LogP contribution in [0.4, 0.5) is 5.69 Å². The van der Waals surface area contributed by atoms with E-state index in [2.05, 4.69) is 5.32 Å². The molecular weight excluding hydrogens is 344 g/mol. The molecule has 2 rings (SSSR count). The Hall–Kier alpha value is -2.87. The minimum Gasteiger partial charge on any atom is -0.481 e. The molecule has 0 saturated heterocycles. The van der Waals surface area contributed by atoms with E-state index in [-0.39, 0.29) is 10.8 Å². The average Bonchev–Trinajstić information content (AvgIpc) is 2.55. The second kappa shape index (κ2) is 7.80. The van der Waals surface area contributed by atoms with Crippen molar-refractivity contribution in [3.8, 4) is 5.75 Å². The van der Waals surface area contributed by atoms with Crippen molar-refractivity contribution in [2.45, 2.75) is 24.8 Å².